The van der Waals surface area contributed by atoms with Crippen LogP contribution in [0.4, 0.5) is 0 Å². The lowest BCUT2D eigenvalue weighted by molar-refractivity contribution is -0.0647. The highest BCUT2D eigenvalue weighted by atomic mass is 16.7. The van der Waals surface area contributed by atoms with Crippen LogP contribution in [0.15, 0.2) is 59.9 Å². The summed E-state index contributed by atoms with van der Waals surface area (Å²) in [5, 5.41) is 2.47. The number of benzene rings is 2. The molecule has 2 aromatic carbocycles. The molecule has 0 bridgehead atoms. The lowest BCUT2D eigenvalue weighted by atomic mass is 9.66. The van der Waals surface area contributed by atoms with Crippen molar-refractivity contribution in [2.45, 2.75) is 85.9 Å². The van der Waals surface area contributed by atoms with Gasteiger partial charge in [-0.1, -0.05) is 89.4 Å². The van der Waals surface area contributed by atoms with Gasteiger partial charge in [0.25, 0.3) is 0 Å². The van der Waals surface area contributed by atoms with E-state index in [1.807, 2.05) is 6.92 Å². The maximum atomic E-state index is 6.31. The molecule has 2 aromatic rings. The van der Waals surface area contributed by atoms with E-state index in [0.717, 1.165) is 37.2 Å². The normalized spacial score (nSPS) is 17.0. The number of methoxy groups -OCH3 is 1. The van der Waals surface area contributed by atoms with Crippen LogP contribution in [0.25, 0.3) is 10.8 Å². The van der Waals surface area contributed by atoms with Crippen molar-refractivity contribution in [3.8, 4) is 5.75 Å². The van der Waals surface area contributed by atoms with E-state index in [1.54, 1.807) is 7.11 Å². The molecule has 1 aliphatic carbocycles. The molecule has 0 aromatic heterocycles. The number of allylic oxidation sites excluding steroid dienone is 3. The van der Waals surface area contributed by atoms with E-state index in [2.05, 4.69) is 83.2 Å². The number of rotatable bonds is 12. The molecule has 1 aliphatic rings. The zero-order chi connectivity index (χ0) is 24.7. The predicted octanol–water partition coefficient (Wildman–Crippen LogP) is 8.79. The summed E-state index contributed by atoms with van der Waals surface area (Å²) >= 11 is 0. The first-order chi connectivity index (χ1) is 16.3. The fraction of sp³-hybridized carbons (Fsp3) is 0.548. The molecule has 0 saturated heterocycles. The Hall–Kier alpha value is -2.26. The second kappa shape index (κ2) is 11.9. The van der Waals surface area contributed by atoms with Gasteiger partial charge in [0.1, 0.15) is 5.75 Å². The van der Waals surface area contributed by atoms with Crippen LogP contribution in [0.2, 0.25) is 0 Å². The highest BCUT2D eigenvalue weighted by molar-refractivity contribution is 5.91. The Morgan fingerprint density at radius 3 is 2.32 bits per heavy atom. The third-order valence-corrected chi connectivity index (χ3v) is 7.75. The van der Waals surface area contributed by atoms with Gasteiger partial charge < -0.3 is 14.2 Å². The van der Waals surface area contributed by atoms with E-state index in [9.17, 15) is 0 Å². The molecule has 0 amide bonds. The van der Waals surface area contributed by atoms with E-state index in [1.165, 1.54) is 28.3 Å². The van der Waals surface area contributed by atoms with E-state index >= 15 is 0 Å². The number of ether oxygens (including phenoxy) is 3. The van der Waals surface area contributed by atoms with Gasteiger partial charge in [-0.05, 0) is 60.1 Å². The highest BCUT2D eigenvalue weighted by Gasteiger charge is 2.33. The molecule has 186 valence electrons. The topological polar surface area (TPSA) is 27.7 Å². The fourth-order valence-corrected chi connectivity index (χ4v) is 5.24. The molecule has 3 heteroatoms. The van der Waals surface area contributed by atoms with E-state index in [-0.39, 0.29) is 11.7 Å². The van der Waals surface area contributed by atoms with Crippen molar-refractivity contribution in [1.82, 2.24) is 0 Å². The summed E-state index contributed by atoms with van der Waals surface area (Å²) in [6.45, 7) is 14.5. The standard InChI is InChI=1S/C31H44O3/c1-8-22(3)30(31(5,6)9-2)28-14-10-13-27-26(28)12-11-15-29(27)34-23(4)33-21-20-24-16-18-25(32-7)19-17-24/h10-16,18,22-23,30H,8-9,17,19-21H2,1-7H3. The summed E-state index contributed by atoms with van der Waals surface area (Å²) in [6, 6.07) is 13.1. The highest BCUT2D eigenvalue weighted by Crippen LogP contribution is 2.47. The van der Waals surface area contributed by atoms with Gasteiger partial charge in [0, 0.05) is 11.8 Å². The molecule has 0 heterocycles. The first kappa shape index (κ1) is 26.3. The Morgan fingerprint density at radius 2 is 1.68 bits per heavy atom. The quantitative estimate of drug-likeness (QED) is 0.294. The van der Waals surface area contributed by atoms with Crippen LogP contribution in [0, 0.1) is 11.3 Å². The van der Waals surface area contributed by atoms with Crippen LogP contribution < -0.4 is 4.74 Å². The molecule has 34 heavy (non-hydrogen) atoms. The average molecular weight is 465 g/mol. The van der Waals surface area contributed by atoms with Crippen LogP contribution >= 0.6 is 0 Å². The molecule has 0 radical (unpaired) electrons. The van der Waals surface area contributed by atoms with Gasteiger partial charge in [-0.2, -0.15) is 0 Å². The zero-order valence-electron chi connectivity index (χ0n) is 22.3. The lowest BCUT2D eigenvalue weighted by Crippen LogP contribution is -2.27. The van der Waals surface area contributed by atoms with Crippen molar-refractivity contribution in [2.24, 2.45) is 11.3 Å². The van der Waals surface area contributed by atoms with Crippen molar-refractivity contribution in [3.63, 3.8) is 0 Å². The van der Waals surface area contributed by atoms with Gasteiger partial charge in [-0.25, -0.2) is 0 Å². The largest absolute Gasteiger partial charge is 0.501 e. The summed E-state index contributed by atoms with van der Waals surface area (Å²) in [5.41, 5.74) is 3.06. The van der Waals surface area contributed by atoms with Gasteiger partial charge in [0.2, 0.25) is 0 Å². The second-order valence-corrected chi connectivity index (χ2v) is 10.4. The molecule has 3 rings (SSSR count). The summed E-state index contributed by atoms with van der Waals surface area (Å²) in [7, 11) is 1.73. The third-order valence-electron chi connectivity index (χ3n) is 7.75. The van der Waals surface area contributed by atoms with Crippen LogP contribution in [0.1, 0.15) is 85.1 Å². The summed E-state index contributed by atoms with van der Waals surface area (Å²) in [5.74, 6) is 3.05. The van der Waals surface area contributed by atoms with Gasteiger partial charge in [-0.15, -0.1) is 0 Å². The molecule has 3 unspecified atom stereocenters. The Morgan fingerprint density at radius 1 is 0.941 bits per heavy atom. The SMILES string of the molecule is CCC(C)C(c1cccc2c(OC(C)OCCC3=CC=C(OC)CC3)cccc12)C(C)(C)CC. The van der Waals surface area contributed by atoms with Crippen molar-refractivity contribution in [3.05, 3.63) is 65.4 Å². The summed E-state index contributed by atoms with van der Waals surface area (Å²) in [4.78, 5) is 0. The molecule has 0 spiro atoms. The van der Waals surface area contributed by atoms with E-state index in [4.69, 9.17) is 14.2 Å². The molecule has 0 N–H and O–H groups in total. The molecule has 0 aliphatic heterocycles. The van der Waals surface area contributed by atoms with Crippen molar-refractivity contribution in [2.75, 3.05) is 13.7 Å². The van der Waals surface area contributed by atoms with E-state index < -0.39 is 0 Å². The van der Waals surface area contributed by atoms with Gasteiger partial charge in [-0.3, -0.25) is 0 Å². The first-order valence-corrected chi connectivity index (χ1v) is 13.0. The van der Waals surface area contributed by atoms with Gasteiger partial charge >= 0.3 is 0 Å². The second-order valence-electron chi connectivity index (χ2n) is 10.4. The molecule has 3 atom stereocenters. The first-order valence-electron chi connectivity index (χ1n) is 13.0. The molecular formula is C31H44O3. The predicted molar refractivity (Wildman–Crippen MR) is 143 cm³/mol. The van der Waals surface area contributed by atoms with Crippen LogP contribution in [0.3, 0.4) is 0 Å². The molecule has 0 fully saturated rings. The minimum absolute atomic E-state index is 0.226. The Labute approximate surface area is 207 Å². The van der Waals surface area contributed by atoms with E-state index in [0.29, 0.717) is 18.4 Å². The van der Waals surface area contributed by atoms with Crippen molar-refractivity contribution in [1.29, 1.82) is 0 Å². The van der Waals surface area contributed by atoms with Crippen molar-refractivity contribution < 1.29 is 14.2 Å². The maximum Gasteiger partial charge on any atom is 0.197 e. The smallest absolute Gasteiger partial charge is 0.197 e. The Balaban J connectivity index is 1.75. The number of fused-ring (bicyclic) bond motifs is 1. The monoisotopic (exact) mass is 464 g/mol. The Kier molecular flexibility index (Phi) is 9.24. The maximum absolute atomic E-state index is 6.31. The van der Waals surface area contributed by atoms with Crippen LogP contribution in [-0.2, 0) is 9.47 Å². The van der Waals surface area contributed by atoms with Gasteiger partial charge in [0.15, 0.2) is 6.29 Å². The van der Waals surface area contributed by atoms with Crippen LogP contribution in [0.5, 0.6) is 5.75 Å². The number of hydrogen-bond acceptors (Lipinski definition) is 3. The number of hydrogen-bond donors (Lipinski definition) is 0. The minimum atomic E-state index is -0.305. The third kappa shape index (κ3) is 6.24. The molecule has 0 saturated carbocycles. The molecule has 3 nitrogen and oxygen atoms in total. The molecular weight excluding hydrogens is 420 g/mol. The van der Waals surface area contributed by atoms with Gasteiger partial charge in [0.05, 0.1) is 19.5 Å². The zero-order valence-corrected chi connectivity index (χ0v) is 22.3. The summed E-state index contributed by atoms with van der Waals surface area (Å²) in [6.07, 6.45) is 9.18. The summed E-state index contributed by atoms with van der Waals surface area (Å²) < 4.78 is 17.7. The lowest BCUT2D eigenvalue weighted by Gasteiger charge is -2.39. The minimum Gasteiger partial charge on any atom is -0.501 e. The fourth-order valence-electron chi connectivity index (χ4n) is 5.24. The average Bonchev–Trinajstić information content (AvgIpc) is 2.84. The van der Waals surface area contributed by atoms with Crippen molar-refractivity contribution >= 4 is 10.8 Å². The Bertz CT molecular complexity index is 1000. The van der Waals surface area contributed by atoms with Crippen LogP contribution in [-0.4, -0.2) is 20.0 Å².